The lowest BCUT2D eigenvalue weighted by Gasteiger charge is -2.11. The summed E-state index contributed by atoms with van der Waals surface area (Å²) < 4.78 is 51.2. The monoisotopic (exact) mass is 340 g/mol. The quantitative estimate of drug-likeness (QED) is 0.828. The maximum atomic E-state index is 13.2. The highest BCUT2D eigenvalue weighted by atomic mass is 19.4. The van der Waals surface area contributed by atoms with Crippen LogP contribution in [0, 0.1) is 5.82 Å². The largest absolute Gasteiger partial charge is 0.419 e. The molecule has 0 saturated carbocycles. The van der Waals surface area contributed by atoms with Crippen LogP contribution in [0.1, 0.15) is 22.8 Å². The Kier molecular flexibility index (Phi) is 4.87. The maximum absolute atomic E-state index is 13.2. The molecule has 8 heteroatoms. The van der Waals surface area contributed by atoms with Crippen LogP contribution in [0.25, 0.3) is 0 Å². The summed E-state index contributed by atoms with van der Waals surface area (Å²) >= 11 is 0. The van der Waals surface area contributed by atoms with Crippen molar-refractivity contribution in [2.45, 2.75) is 13.1 Å². The Balaban J connectivity index is 2.17. The van der Waals surface area contributed by atoms with Crippen molar-refractivity contribution in [3.8, 4) is 0 Å². The Bertz CT molecular complexity index is 771. The smallest absolute Gasteiger partial charge is 0.326 e. The van der Waals surface area contributed by atoms with Crippen molar-refractivity contribution in [1.29, 1.82) is 0 Å². The number of halogens is 4. The van der Waals surface area contributed by atoms with E-state index in [0.29, 0.717) is 23.5 Å². The summed E-state index contributed by atoms with van der Waals surface area (Å²) in [5, 5.41) is 4.92. The third kappa shape index (κ3) is 4.31. The first-order valence-electron chi connectivity index (χ1n) is 6.72. The van der Waals surface area contributed by atoms with Gasteiger partial charge in [0.05, 0.1) is 5.56 Å². The first-order chi connectivity index (χ1) is 11.2. The molecule has 0 aliphatic rings. The number of rotatable bonds is 3. The fourth-order valence-electron chi connectivity index (χ4n) is 1.93. The van der Waals surface area contributed by atoms with Gasteiger partial charge in [0, 0.05) is 23.9 Å². The van der Waals surface area contributed by atoms with E-state index in [1.54, 1.807) is 0 Å². The number of amides is 2. The van der Waals surface area contributed by atoms with Gasteiger partial charge in [0.1, 0.15) is 5.82 Å². The van der Waals surface area contributed by atoms with Gasteiger partial charge in [-0.2, -0.15) is 13.2 Å². The van der Waals surface area contributed by atoms with Gasteiger partial charge in [-0.25, -0.2) is 4.39 Å². The van der Waals surface area contributed by atoms with Crippen molar-refractivity contribution in [2.24, 2.45) is 0 Å². The highest BCUT2D eigenvalue weighted by Crippen LogP contribution is 2.32. The molecule has 0 radical (unpaired) electrons. The summed E-state index contributed by atoms with van der Waals surface area (Å²) in [4.78, 5) is 22.9. The number of benzene rings is 2. The van der Waals surface area contributed by atoms with E-state index in [2.05, 4.69) is 10.6 Å². The van der Waals surface area contributed by atoms with E-state index in [1.165, 1.54) is 31.2 Å². The lowest BCUT2D eigenvalue weighted by atomic mass is 10.1. The minimum absolute atomic E-state index is 0.266. The Morgan fingerprint density at radius 3 is 1.96 bits per heavy atom. The van der Waals surface area contributed by atoms with Crippen LogP contribution in [0.3, 0.4) is 0 Å². The molecular formula is C16H12F4N2O2. The number of carbonyl (C=O) groups excluding carboxylic acids is 2. The normalized spacial score (nSPS) is 11.0. The zero-order valence-corrected chi connectivity index (χ0v) is 12.4. The molecule has 0 bridgehead atoms. The molecule has 0 aliphatic heterocycles. The fraction of sp³-hybridized carbons (Fsp3) is 0.125. The predicted molar refractivity (Wildman–Crippen MR) is 80.1 cm³/mol. The van der Waals surface area contributed by atoms with Gasteiger partial charge < -0.3 is 10.6 Å². The predicted octanol–water partition coefficient (Wildman–Crippen LogP) is 4.06. The van der Waals surface area contributed by atoms with Gasteiger partial charge in [0.25, 0.3) is 5.91 Å². The number of nitrogens with one attached hydrogen (secondary N) is 2. The van der Waals surface area contributed by atoms with Crippen LogP contribution in [0.5, 0.6) is 0 Å². The minimum atomic E-state index is -4.89. The molecule has 2 rings (SSSR count). The van der Waals surface area contributed by atoms with Crippen LogP contribution in [0.2, 0.25) is 0 Å². The van der Waals surface area contributed by atoms with E-state index in [0.717, 1.165) is 6.07 Å². The van der Waals surface area contributed by atoms with Crippen molar-refractivity contribution < 1.29 is 27.2 Å². The summed E-state index contributed by atoms with van der Waals surface area (Å²) in [6.07, 6.45) is -4.89. The van der Waals surface area contributed by atoms with Gasteiger partial charge in [-0.3, -0.25) is 9.59 Å². The molecule has 2 amide bonds. The van der Waals surface area contributed by atoms with Crippen LogP contribution in [0.4, 0.5) is 28.9 Å². The number of hydrogen-bond donors (Lipinski definition) is 2. The van der Waals surface area contributed by atoms with Gasteiger partial charge in [0.15, 0.2) is 0 Å². The van der Waals surface area contributed by atoms with Crippen LogP contribution in [-0.2, 0) is 11.0 Å². The molecule has 0 unspecified atom stereocenters. The first-order valence-corrected chi connectivity index (χ1v) is 6.72. The van der Waals surface area contributed by atoms with E-state index in [1.807, 2.05) is 0 Å². The third-order valence-electron chi connectivity index (χ3n) is 3.00. The standard InChI is InChI=1S/C16H12F4N2O2/c1-9(23)21-11-3-5-12(6-4-11)22-15(24)10-2-7-14(17)13(8-10)16(18,19)20/h2-8H,1H3,(H,21,23)(H,22,24). The van der Waals surface area contributed by atoms with Crippen molar-refractivity contribution in [2.75, 3.05) is 10.6 Å². The molecule has 0 fully saturated rings. The molecule has 0 atom stereocenters. The molecule has 24 heavy (non-hydrogen) atoms. The molecule has 126 valence electrons. The fourth-order valence-corrected chi connectivity index (χ4v) is 1.93. The highest BCUT2D eigenvalue weighted by Gasteiger charge is 2.34. The molecule has 4 nitrogen and oxygen atoms in total. The molecule has 0 aliphatic carbocycles. The van der Waals surface area contributed by atoms with Gasteiger partial charge in [-0.05, 0) is 42.5 Å². The van der Waals surface area contributed by atoms with E-state index in [-0.39, 0.29) is 11.5 Å². The second-order valence-electron chi connectivity index (χ2n) is 4.91. The van der Waals surface area contributed by atoms with Crippen LogP contribution in [0.15, 0.2) is 42.5 Å². The molecule has 2 aromatic carbocycles. The molecule has 0 saturated heterocycles. The molecule has 0 spiro atoms. The van der Waals surface area contributed by atoms with E-state index in [9.17, 15) is 27.2 Å². The third-order valence-corrected chi connectivity index (χ3v) is 3.00. The molecule has 2 N–H and O–H groups in total. The Morgan fingerprint density at radius 1 is 0.917 bits per heavy atom. The topological polar surface area (TPSA) is 58.2 Å². The molecular weight excluding hydrogens is 328 g/mol. The zero-order chi connectivity index (χ0) is 17.9. The number of anilines is 2. The van der Waals surface area contributed by atoms with Crippen molar-refractivity contribution in [3.05, 3.63) is 59.4 Å². The number of hydrogen-bond acceptors (Lipinski definition) is 2. The zero-order valence-electron chi connectivity index (χ0n) is 12.4. The van der Waals surface area contributed by atoms with E-state index < -0.39 is 23.5 Å². The second kappa shape index (κ2) is 6.69. The van der Waals surface area contributed by atoms with E-state index in [4.69, 9.17) is 0 Å². The van der Waals surface area contributed by atoms with Crippen molar-refractivity contribution >= 4 is 23.2 Å². The van der Waals surface area contributed by atoms with Gasteiger partial charge in [-0.1, -0.05) is 0 Å². The average molecular weight is 340 g/mol. The molecule has 2 aromatic rings. The molecule has 0 aromatic heterocycles. The Labute approximate surface area is 134 Å². The summed E-state index contributed by atoms with van der Waals surface area (Å²) in [6, 6.07) is 7.99. The van der Waals surface area contributed by atoms with Gasteiger partial charge >= 0.3 is 6.18 Å². The van der Waals surface area contributed by atoms with Gasteiger partial charge in [0.2, 0.25) is 5.91 Å². The summed E-state index contributed by atoms with van der Waals surface area (Å²) in [5.41, 5.74) is -1.01. The summed E-state index contributed by atoms with van der Waals surface area (Å²) in [6.45, 7) is 1.34. The van der Waals surface area contributed by atoms with Crippen LogP contribution < -0.4 is 10.6 Å². The van der Waals surface area contributed by atoms with Crippen molar-refractivity contribution in [1.82, 2.24) is 0 Å². The van der Waals surface area contributed by atoms with Crippen LogP contribution in [-0.4, -0.2) is 11.8 Å². The maximum Gasteiger partial charge on any atom is 0.419 e. The Morgan fingerprint density at radius 2 is 1.46 bits per heavy atom. The Hall–Kier alpha value is -2.90. The molecule has 0 heterocycles. The minimum Gasteiger partial charge on any atom is -0.326 e. The summed E-state index contributed by atoms with van der Waals surface area (Å²) in [7, 11) is 0. The highest BCUT2D eigenvalue weighted by molar-refractivity contribution is 6.04. The lowest BCUT2D eigenvalue weighted by molar-refractivity contribution is -0.140. The van der Waals surface area contributed by atoms with Crippen LogP contribution >= 0.6 is 0 Å². The average Bonchev–Trinajstić information content (AvgIpc) is 2.48. The van der Waals surface area contributed by atoms with E-state index >= 15 is 0 Å². The number of carbonyl (C=O) groups is 2. The van der Waals surface area contributed by atoms with Gasteiger partial charge in [-0.15, -0.1) is 0 Å². The van der Waals surface area contributed by atoms with Crippen molar-refractivity contribution in [3.63, 3.8) is 0 Å². The second-order valence-corrected chi connectivity index (χ2v) is 4.91. The first kappa shape index (κ1) is 17.5. The lowest BCUT2D eigenvalue weighted by Crippen LogP contribution is -2.15. The number of alkyl halides is 3. The SMILES string of the molecule is CC(=O)Nc1ccc(NC(=O)c2ccc(F)c(C(F)(F)F)c2)cc1. The summed E-state index contributed by atoms with van der Waals surface area (Å²) in [5.74, 6) is -2.52.